The van der Waals surface area contributed by atoms with Gasteiger partial charge in [0.1, 0.15) is 4.21 Å². The first-order chi connectivity index (χ1) is 9.03. The molecular formula is C11H15N3O2S3. The molecule has 0 aromatic carbocycles. The van der Waals surface area contributed by atoms with Gasteiger partial charge in [-0.15, -0.1) is 22.7 Å². The number of thiazole rings is 1. The fourth-order valence-corrected chi connectivity index (χ4v) is 4.49. The van der Waals surface area contributed by atoms with Crippen molar-refractivity contribution in [3.63, 3.8) is 0 Å². The summed E-state index contributed by atoms with van der Waals surface area (Å²) in [7, 11) is -1.63. The first-order valence-electron chi connectivity index (χ1n) is 5.69. The molecular weight excluding hydrogens is 302 g/mol. The van der Waals surface area contributed by atoms with Gasteiger partial charge in [-0.2, -0.15) is 0 Å². The summed E-state index contributed by atoms with van der Waals surface area (Å²) in [4.78, 5) is 5.23. The molecule has 104 valence electrons. The molecule has 0 aliphatic heterocycles. The summed E-state index contributed by atoms with van der Waals surface area (Å²) in [5.41, 5.74) is 0.837. The highest BCUT2D eigenvalue weighted by atomic mass is 32.2. The molecule has 0 aliphatic carbocycles. The number of hydrogen-bond acceptors (Lipinski definition) is 6. The molecule has 0 aliphatic rings. The SMILES string of the molecule is CNCCNS(=O)(=O)c1ccc(-c2csc(C)n2)s1. The minimum Gasteiger partial charge on any atom is -0.318 e. The van der Waals surface area contributed by atoms with Gasteiger partial charge in [0.25, 0.3) is 0 Å². The molecule has 0 radical (unpaired) electrons. The van der Waals surface area contributed by atoms with E-state index < -0.39 is 10.0 Å². The third-order valence-electron chi connectivity index (χ3n) is 2.38. The summed E-state index contributed by atoms with van der Waals surface area (Å²) >= 11 is 2.79. The molecule has 0 bridgehead atoms. The molecule has 0 fully saturated rings. The van der Waals surface area contributed by atoms with Crippen molar-refractivity contribution in [1.82, 2.24) is 15.0 Å². The van der Waals surface area contributed by atoms with Gasteiger partial charge >= 0.3 is 0 Å². The lowest BCUT2D eigenvalue weighted by Crippen LogP contribution is -2.29. The number of nitrogens with zero attached hydrogens (tertiary/aromatic N) is 1. The molecule has 0 saturated heterocycles. The maximum Gasteiger partial charge on any atom is 0.250 e. The average molecular weight is 317 g/mol. The fourth-order valence-electron chi connectivity index (χ4n) is 1.46. The lowest BCUT2D eigenvalue weighted by atomic mass is 10.4. The Morgan fingerprint density at radius 3 is 2.74 bits per heavy atom. The summed E-state index contributed by atoms with van der Waals surface area (Å²) in [6.45, 7) is 2.91. The molecule has 2 rings (SSSR count). The predicted octanol–water partition coefficient (Wildman–Crippen LogP) is 1.68. The molecule has 8 heteroatoms. The zero-order valence-electron chi connectivity index (χ0n) is 10.6. The highest BCUT2D eigenvalue weighted by Gasteiger charge is 2.17. The Bertz CT molecular complexity index is 646. The Hall–Kier alpha value is -0.800. The minimum absolute atomic E-state index is 0.323. The van der Waals surface area contributed by atoms with Gasteiger partial charge in [0.2, 0.25) is 10.0 Å². The highest BCUT2D eigenvalue weighted by molar-refractivity contribution is 7.91. The van der Waals surface area contributed by atoms with Gasteiger partial charge in [0, 0.05) is 18.5 Å². The van der Waals surface area contributed by atoms with Crippen molar-refractivity contribution in [2.75, 3.05) is 20.1 Å². The molecule has 0 atom stereocenters. The van der Waals surface area contributed by atoms with Gasteiger partial charge in [0.05, 0.1) is 15.6 Å². The Balaban J connectivity index is 2.16. The third kappa shape index (κ3) is 3.61. The summed E-state index contributed by atoms with van der Waals surface area (Å²) < 4.78 is 26.9. The summed E-state index contributed by atoms with van der Waals surface area (Å²) in [6.07, 6.45) is 0. The van der Waals surface area contributed by atoms with E-state index in [-0.39, 0.29) is 0 Å². The van der Waals surface area contributed by atoms with E-state index in [1.807, 2.05) is 12.3 Å². The highest BCUT2D eigenvalue weighted by Crippen LogP contribution is 2.31. The second-order valence-electron chi connectivity index (χ2n) is 3.87. The van der Waals surface area contributed by atoms with Crippen molar-refractivity contribution >= 4 is 32.7 Å². The van der Waals surface area contributed by atoms with Gasteiger partial charge in [-0.1, -0.05) is 0 Å². The standard InChI is InChI=1S/C11H15N3O2S3/c1-8-14-9(7-17-8)10-3-4-11(18-10)19(15,16)13-6-5-12-2/h3-4,7,12-13H,5-6H2,1-2H3. The van der Waals surface area contributed by atoms with Gasteiger partial charge in [-0.25, -0.2) is 18.1 Å². The molecule has 2 aromatic heterocycles. The summed E-state index contributed by atoms with van der Waals surface area (Å²) in [5.74, 6) is 0. The maximum atomic E-state index is 12.0. The Morgan fingerprint density at radius 2 is 2.11 bits per heavy atom. The third-order valence-corrected chi connectivity index (χ3v) is 6.22. The van der Waals surface area contributed by atoms with E-state index in [4.69, 9.17) is 0 Å². The van der Waals surface area contributed by atoms with Crippen LogP contribution in [0.3, 0.4) is 0 Å². The van der Waals surface area contributed by atoms with E-state index in [1.54, 1.807) is 30.5 Å². The second kappa shape index (κ2) is 6.10. The molecule has 5 nitrogen and oxygen atoms in total. The number of aryl methyl sites for hydroxylation is 1. The van der Waals surface area contributed by atoms with Crippen LogP contribution in [0.4, 0.5) is 0 Å². The van der Waals surface area contributed by atoms with Crippen LogP contribution in [-0.2, 0) is 10.0 Å². The van der Waals surface area contributed by atoms with Crippen LogP contribution in [0.15, 0.2) is 21.7 Å². The molecule has 2 N–H and O–H groups in total. The number of rotatable bonds is 6. The molecule has 0 saturated carbocycles. The first-order valence-corrected chi connectivity index (χ1v) is 8.87. The van der Waals surface area contributed by atoms with Crippen LogP contribution in [0.5, 0.6) is 0 Å². The molecule has 19 heavy (non-hydrogen) atoms. The molecule has 2 heterocycles. The Morgan fingerprint density at radius 1 is 1.32 bits per heavy atom. The zero-order chi connectivity index (χ0) is 13.9. The monoisotopic (exact) mass is 317 g/mol. The van der Waals surface area contributed by atoms with Crippen molar-refractivity contribution < 1.29 is 8.42 Å². The minimum atomic E-state index is -3.41. The van der Waals surface area contributed by atoms with Crippen LogP contribution in [0.25, 0.3) is 10.6 Å². The smallest absolute Gasteiger partial charge is 0.250 e. The van der Waals surface area contributed by atoms with Crippen molar-refractivity contribution in [3.8, 4) is 10.6 Å². The van der Waals surface area contributed by atoms with Crippen LogP contribution in [0.2, 0.25) is 0 Å². The molecule has 0 unspecified atom stereocenters. The first kappa shape index (κ1) is 14.6. The normalized spacial score (nSPS) is 11.9. The number of sulfonamides is 1. The number of aromatic nitrogens is 1. The lowest BCUT2D eigenvalue weighted by molar-refractivity contribution is 0.581. The number of hydrogen-bond donors (Lipinski definition) is 2. The Kier molecular flexibility index (Phi) is 4.69. The van der Waals surface area contributed by atoms with E-state index in [0.29, 0.717) is 17.3 Å². The quantitative estimate of drug-likeness (QED) is 0.795. The number of likely N-dealkylation sites (N-methyl/N-ethyl adjacent to an activating group) is 1. The van der Waals surface area contributed by atoms with E-state index in [9.17, 15) is 8.42 Å². The number of nitrogens with one attached hydrogen (secondary N) is 2. The topological polar surface area (TPSA) is 71.1 Å². The van der Waals surface area contributed by atoms with Crippen LogP contribution in [0, 0.1) is 6.92 Å². The predicted molar refractivity (Wildman–Crippen MR) is 79.3 cm³/mol. The van der Waals surface area contributed by atoms with Gasteiger partial charge < -0.3 is 5.32 Å². The zero-order valence-corrected chi connectivity index (χ0v) is 13.1. The molecule has 2 aromatic rings. The van der Waals surface area contributed by atoms with E-state index in [1.165, 1.54) is 11.3 Å². The largest absolute Gasteiger partial charge is 0.318 e. The fraction of sp³-hybridized carbons (Fsp3) is 0.364. The molecule has 0 amide bonds. The molecule has 0 spiro atoms. The summed E-state index contributed by atoms with van der Waals surface area (Å²) in [6, 6.07) is 3.42. The van der Waals surface area contributed by atoms with E-state index in [0.717, 1.165) is 15.6 Å². The summed E-state index contributed by atoms with van der Waals surface area (Å²) in [5, 5.41) is 5.80. The van der Waals surface area contributed by atoms with Crippen molar-refractivity contribution in [1.29, 1.82) is 0 Å². The Labute approximate surface area is 120 Å². The lowest BCUT2D eigenvalue weighted by Gasteiger charge is -2.03. The van der Waals surface area contributed by atoms with Gasteiger partial charge in [0.15, 0.2) is 0 Å². The van der Waals surface area contributed by atoms with Gasteiger partial charge in [-0.05, 0) is 26.1 Å². The van der Waals surface area contributed by atoms with Gasteiger partial charge in [-0.3, -0.25) is 0 Å². The van der Waals surface area contributed by atoms with Crippen molar-refractivity contribution in [3.05, 3.63) is 22.5 Å². The van der Waals surface area contributed by atoms with Crippen LogP contribution >= 0.6 is 22.7 Å². The van der Waals surface area contributed by atoms with Crippen LogP contribution in [0.1, 0.15) is 5.01 Å². The maximum absolute atomic E-state index is 12.0. The van der Waals surface area contributed by atoms with E-state index in [2.05, 4.69) is 15.0 Å². The van der Waals surface area contributed by atoms with Crippen LogP contribution < -0.4 is 10.0 Å². The average Bonchev–Trinajstić information content (AvgIpc) is 2.97. The van der Waals surface area contributed by atoms with Crippen molar-refractivity contribution in [2.24, 2.45) is 0 Å². The van der Waals surface area contributed by atoms with Crippen LogP contribution in [-0.4, -0.2) is 33.5 Å². The van der Waals surface area contributed by atoms with E-state index >= 15 is 0 Å². The van der Waals surface area contributed by atoms with Crippen molar-refractivity contribution in [2.45, 2.75) is 11.1 Å². The second-order valence-corrected chi connectivity index (χ2v) is 8.01. The number of thiophene rings is 1.